The molecule has 0 amide bonds. The Hall–Kier alpha value is -2.40. The molecule has 1 atom stereocenters. The van der Waals surface area contributed by atoms with Gasteiger partial charge in [-0.25, -0.2) is 0 Å². The van der Waals surface area contributed by atoms with E-state index in [1.54, 1.807) is 13.2 Å². The maximum absolute atomic E-state index is 4.35. The molecule has 0 radical (unpaired) electrons. The highest BCUT2D eigenvalue weighted by molar-refractivity contribution is 5.79. The first-order valence-electron chi connectivity index (χ1n) is 9.79. The predicted molar refractivity (Wildman–Crippen MR) is 114 cm³/mol. The maximum Gasteiger partial charge on any atom is 0.191 e. The van der Waals surface area contributed by atoms with Crippen molar-refractivity contribution in [2.75, 3.05) is 13.6 Å². The van der Waals surface area contributed by atoms with Gasteiger partial charge in [0.1, 0.15) is 0 Å². The summed E-state index contributed by atoms with van der Waals surface area (Å²) in [5.74, 6) is 0.793. The molecule has 3 N–H and O–H groups in total. The Morgan fingerprint density at radius 1 is 1.04 bits per heavy atom. The fourth-order valence-electron chi connectivity index (χ4n) is 3.19. The monoisotopic (exact) mass is 367 g/mol. The Bertz CT molecular complexity index is 680. The van der Waals surface area contributed by atoms with Gasteiger partial charge in [-0.3, -0.25) is 9.98 Å². The van der Waals surface area contributed by atoms with E-state index in [1.807, 2.05) is 18.2 Å². The van der Waals surface area contributed by atoms with Crippen molar-refractivity contribution >= 4 is 5.96 Å². The summed E-state index contributed by atoms with van der Waals surface area (Å²) in [6.07, 6.45) is 3.87. The average molecular weight is 368 g/mol. The summed E-state index contributed by atoms with van der Waals surface area (Å²) in [7, 11) is 1.80. The van der Waals surface area contributed by atoms with Crippen LogP contribution in [0.3, 0.4) is 0 Å². The Kier molecular flexibility index (Phi) is 8.27. The number of benzene rings is 1. The zero-order chi connectivity index (χ0) is 19.5. The van der Waals surface area contributed by atoms with Crippen LogP contribution in [0.4, 0.5) is 0 Å². The molecule has 0 aliphatic rings. The zero-order valence-electron chi connectivity index (χ0n) is 17.0. The molecule has 0 saturated heterocycles. The molecule has 146 valence electrons. The lowest BCUT2D eigenvalue weighted by Gasteiger charge is -2.37. The van der Waals surface area contributed by atoms with E-state index in [9.17, 15) is 0 Å². The van der Waals surface area contributed by atoms with Crippen molar-refractivity contribution in [2.24, 2.45) is 4.99 Å². The Morgan fingerprint density at radius 3 is 2.33 bits per heavy atom. The van der Waals surface area contributed by atoms with Crippen LogP contribution in [-0.2, 0) is 6.54 Å². The van der Waals surface area contributed by atoms with Crippen molar-refractivity contribution in [1.29, 1.82) is 0 Å². The number of hydrogen-bond donors (Lipinski definition) is 3. The molecule has 5 heteroatoms. The lowest BCUT2D eigenvalue weighted by molar-refractivity contribution is 0.271. The molecule has 0 aliphatic heterocycles. The highest BCUT2D eigenvalue weighted by Gasteiger charge is 2.28. The number of pyridine rings is 1. The second-order valence-electron chi connectivity index (χ2n) is 6.86. The SMILES string of the molecule is CCC(CC)(CNC(=NC)NCc1ccccn1)NC(C)c1ccccc1. The van der Waals surface area contributed by atoms with Crippen LogP contribution in [0.2, 0.25) is 0 Å². The number of aromatic nitrogens is 1. The predicted octanol–water partition coefficient (Wildman–Crippen LogP) is 3.66. The van der Waals surface area contributed by atoms with Gasteiger partial charge in [0.2, 0.25) is 0 Å². The van der Waals surface area contributed by atoms with Crippen molar-refractivity contribution in [2.45, 2.75) is 51.7 Å². The molecule has 1 heterocycles. The standard InChI is InChI=1S/C22H33N5/c1-5-22(6-2,27-18(3)19-12-8-7-9-13-19)17-26-21(23-4)25-16-20-14-10-11-15-24-20/h7-15,18,27H,5-6,16-17H2,1-4H3,(H2,23,25,26). The summed E-state index contributed by atoms with van der Waals surface area (Å²) in [6.45, 7) is 8.15. The molecular formula is C22H33N5. The summed E-state index contributed by atoms with van der Waals surface area (Å²) >= 11 is 0. The molecule has 0 saturated carbocycles. The molecule has 2 aromatic rings. The molecule has 5 nitrogen and oxygen atoms in total. The van der Waals surface area contributed by atoms with E-state index >= 15 is 0 Å². The third kappa shape index (κ3) is 6.36. The molecule has 0 bridgehead atoms. The van der Waals surface area contributed by atoms with Gasteiger partial charge >= 0.3 is 0 Å². The van der Waals surface area contributed by atoms with Gasteiger partial charge in [0.05, 0.1) is 12.2 Å². The lowest BCUT2D eigenvalue weighted by Crippen LogP contribution is -2.55. The smallest absolute Gasteiger partial charge is 0.191 e. The number of nitrogens with zero attached hydrogens (tertiary/aromatic N) is 2. The number of hydrogen-bond acceptors (Lipinski definition) is 3. The fourth-order valence-corrected chi connectivity index (χ4v) is 3.19. The van der Waals surface area contributed by atoms with Crippen LogP contribution in [-0.4, -0.2) is 30.1 Å². The fraction of sp³-hybridized carbons (Fsp3) is 0.455. The second kappa shape index (κ2) is 10.7. The van der Waals surface area contributed by atoms with Crippen LogP contribution < -0.4 is 16.0 Å². The van der Waals surface area contributed by atoms with Gasteiger partial charge in [-0.15, -0.1) is 0 Å². The van der Waals surface area contributed by atoms with E-state index in [2.05, 4.69) is 77.0 Å². The van der Waals surface area contributed by atoms with Gasteiger partial charge in [-0.1, -0.05) is 50.2 Å². The van der Waals surface area contributed by atoms with E-state index in [-0.39, 0.29) is 11.6 Å². The molecule has 1 aromatic heterocycles. The quantitative estimate of drug-likeness (QED) is 0.468. The van der Waals surface area contributed by atoms with Crippen molar-refractivity contribution in [3.05, 3.63) is 66.0 Å². The highest BCUT2D eigenvalue weighted by Crippen LogP contribution is 2.21. The van der Waals surface area contributed by atoms with Crippen molar-refractivity contribution in [3.8, 4) is 0 Å². The van der Waals surface area contributed by atoms with Gasteiger partial charge in [-0.2, -0.15) is 0 Å². The summed E-state index contributed by atoms with van der Waals surface area (Å²) < 4.78 is 0. The highest BCUT2D eigenvalue weighted by atomic mass is 15.2. The van der Waals surface area contributed by atoms with E-state index in [0.29, 0.717) is 6.54 Å². The van der Waals surface area contributed by atoms with Gasteiger partial charge < -0.3 is 16.0 Å². The van der Waals surface area contributed by atoms with Crippen LogP contribution in [0.5, 0.6) is 0 Å². The number of guanidine groups is 1. The number of nitrogens with one attached hydrogen (secondary N) is 3. The third-order valence-electron chi connectivity index (χ3n) is 5.16. The first-order valence-corrected chi connectivity index (χ1v) is 9.79. The Balaban J connectivity index is 1.95. The average Bonchev–Trinajstić information content (AvgIpc) is 2.74. The Labute approximate surface area is 163 Å². The first-order chi connectivity index (χ1) is 13.1. The molecule has 1 unspecified atom stereocenters. The van der Waals surface area contributed by atoms with Crippen molar-refractivity contribution in [1.82, 2.24) is 20.9 Å². The van der Waals surface area contributed by atoms with Crippen LogP contribution in [0.1, 0.15) is 50.9 Å². The molecule has 1 aromatic carbocycles. The minimum absolute atomic E-state index is 0.00211. The summed E-state index contributed by atoms with van der Waals surface area (Å²) in [5, 5.41) is 10.7. The van der Waals surface area contributed by atoms with Gasteiger partial charge in [0.25, 0.3) is 0 Å². The van der Waals surface area contributed by atoms with Crippen LogP contribution in [0, 0.1) is 0 Å². The number of aliphatic imine (C=N–C) groups is 1. The van der Waals surface area contributed by atoms with Gasteiger partial charge in [0, 0.05) is 31.4 Å². The van der Waals surface area contributed by atoms with E-state index in [4.69, 9.17) is 0 Å². The van der Waals surface area contributed by atoms with Gasteiger partial charge in [0.15, 0.2) is 5.96 Å². The van der Waals surface area contributed by atoms with E-state index in [1.165, 1.54) is 5.56 Å². The van der Waals surface area contributed by atoms with Crippen LogP contribution in [0.15, 0.2) is 59.7 Å². The second-order valence-corrected chi connectivity index (χ2v) is 6.86. The number of rotatable bonds is 9. The van der Waals surface area contributed by atoms with Gasteiger partial charge in [-0.05, 0) is 37.5 Å². The van der Waals surface area contributed by atoms with Crippen molar-refractivity contribution in [3.63, 3.8) is 0 Å². The summed E-state index contributed by atoms with van der Waals surface area (Å²) in [6, 6.07) is 16.8. The Morgan fingerprint density at radius 2 is 1.74 bits per heavy atom. The van der Waals surface area contributed by atoms with Crippen LogP contribution in [0.25, 0.3) is 0 Å². The summed E-state index contributed by atoms with van der Waals surface area (Å²) in [5.41, 5.74) is 2.30. The maximum atomic E-state index is 4.35. The molecule has 0 fully saturated rings. The van der Waals surface area contributed by atoms with Crippen LogP contribution >= 0.6 is 0 Å². The third-order valence-corrected chi connectivity index (χ3v) is 5.16. The zero-order valence-corrected chi connectivity index (χ0v) is 17.0. The lowest BCUT2D eigenvalue weighted by atomic mass is 9.90. The molecule has 27 heavy (non-hydrogen) atoms. The minimum Gasteiger partial charge on any atom is -0.355 e. The van der Waals surface area contributed by atoms with E-state index < -0.39 is 0 Å². The summed E-state index contributed by atoms with van der Waals surface area (Å²) in [4.78, 5) is 8.69. The minimum atomic E-state index is -0.00211. The molecule has 2 rings (SSSR count). The molecule has 0 spiro atoms. The first kappa shape index (κ1) is 20.9. The van der Waals surface area contributed by atoms with Crippen molar-refractivity contribution < 1.29 is 0 Å². The molecular weight excluding hydrogens is 334 g/mol. The molecule has 0 aliphatic carbocycles. The van der Waals surface area contributed by atoms with E-state index in [0.717, 1.165) is 31.0 Å². The topological polar surface area (TPSA) is 61.3 Å². The largest absolute Gasteiger partial charge is 0.355 e. The normalized spacial score (nSPS) is 13.3.